The predicted octanol–water partition coefficient (Wildman–Crippen LogP) is 2.64. The summed E-state index contributed by atoms with van der Waals surface area (Å²) in [6, 6.07) is 3.68. The van der Waals surface area contributed by atoms with Gasteiger partial charge in [0, 0.05) is 0 Å². The lowest BCUT2D eigenvalue weighted by atomic mass is 10.2. The number of aryl methyl sites for hydroxylation is 1. The third kappa shape index (κ3) is 1.99. The van der Waals surface area contributed by atoms with Crippen LogP contribution in [-0.2, 0) is 6.42 Å². The zero-order valence-electron chi connectivity index (χ0n) is 8.99. The normalized spacial score (nSPS) is 10.6. The van der Waals surface area contributed by atoms with Gasteiger partial charge in [0.15, 0.2) is 10.8 Å². The summed E-state index contributed by atoms with van der Waals surface area (Å²) < 4.78 is 5.28. The van der Waals surface area contributed by atoms with Crippen molar-refractivity contribution in [3.63, 3.8) is 0 Å². The van der Waals surface area contributed by atoms with E-state index in [1.807, 2.05) is 12.1 Å². The van der Waals surface area contributed by atoms with Gasteiger partial charge in [-0.2, -0.15) is 0 Å². The molecule has 0 unspecified atom stereocenters. The van der Waals surface area contributed by atoms with E-state index in [1.54, 1.807) is 6.26 Å². The molecule has 0 aliphatic rings. The monoisotopic (exact) mass is 235 g/mol. The molecule has 2 aromatic rings. The second kappa shape index (κ2) is 4.49. The molecule has 2 rings (SSSR count). The molecule has 0 fully saturated rings. The summed E-state index contributed by atoms with van der Waals surface area (Å²) in [5, 5.41) is 8.30. The molecule has 0 aliphatic heterocycles. The molecule has 16 heavy (non-hydrogen) atoms. The van der Waals surface area contributed by atoms with Crippen LogP contribution in [0.1, 0.15) is 23.9 Å². The van der Waals surface area contributed by atoms with Crippen LogP contribution in [0.25, 0.3) is 10.8 Å². The quantitative estimate of drug-likeness (QED) is 0.631. The molecule has 0 bridgehead atoms. The minimum Gasteiger partial charge on any atom is -0.462 e. The zero-order valence-corrected chi connectivity index (χ0v) is 9.80. The first kappa shape index (κ1) is 10.9. The molecule has 5 heteroatoms. The molecule has 0 aliphatic carbocycles. The van der Waals surface area contributed by atoms with Gasteiger partial charge in [-0.05, 0) is 18.6 Å². The van der Waals surface area contributed by atoms with Crippen molar-refractivity contribution in [2.75, 3.05) is 0 Å². The zero-order chi connectivity index (χ0) is 11.5. The van der Waals surface area contributed by atoms with Crippen LogP contribution in [0.15, 0.2) is 22.8 Å². The lowest BCUT2D eigenvalue weighted by Crippen LogP contribution is -2.11. The van der Waals surface area contributed by atoms with Crippen molar-refractivity contribution >= 4 is 17.2 Å². The van der Waals surface area contributed by atoms with Crippen molar-refractivity contribution in [3.05, 3.63) is 29.0 Å². The molecule has 2 aromatic heterocycles. The van der Waals surface area contributed by atoms with Crippen LogP contribution in [0, 0.1) is 5.41 Å². The summed E-state index contributed by atoms with van der Waals surface area (Å²) >= 11 is 1.41. The average Bonchev–Trinajstić information content (AvgIpc) is 2.83. The van der Waals surface area contributed by atoms with Gasteiger partial charge in [-0.1, -0.05) is 13.3 Å². The number of aromatic nitrogens is 1. The number of hydrogen-bond acceptors (Lipinski definition) is 4. The van der Waals surface area contributed by atoms with Crippen molar-refractivity contribution in [2.45, 2.75) is 19.8 Å². The number of furan rings is 1. The minimum absolute atomic E-state index is 0.0822. The number of nitrogen functional groups attached to an aromatic ring is 1. The van der Waals surface area contributed by atoms with E-state index in [0.717, 1.165) is 34.2 Å². The topological polar surface area (TPSA) is 75.9 Å². The van der Waals surface area contributed by atoms with E-state index >= 15 is 0 Å². The Hall–Kier alpha value is -1.62. The van der Waals surface area contributed by atoms with E-state index in [2.05, 4.69) is 11.9 Å². The third-order valence-corrected chi connectivity index (χ3v) is 3.31. The number of amidine groups is 1. The highest BCUT2D eigenvalue weighted by molar-refractivity contribution is 7.17. The van der Waals surface area contributed by atoms with Crippen molar-refractivity contribution in [1.29, 1.82) is 5.41 Å². The van der Waals surface area contributed by atoms with Crippen molar-refractivity contribution in [3.8, 4) is 10.8 Å². The molecule has 0 atom stereocenters. The molecular formula is C11H13N3OS. The van der Waals surface area contributed by atoms with Crippen LogP contribution in [0.2, 0.25) is 0 Å². The van der Waals surface area contributed by atoms with Gasteiger partial charge < -0.3 is 10.2 Å². The Labute approximate surface area is 97.6 Å². The summed E-state index contributed by atoms with van der Waals surface area (Å²) in [7, 11) is 0. The molecule has 2 heterocycles. The highest BCUT2D eigenvalue weighted by Gasteiger charge is 2.15. The Balaban J connectivity index is 2.42. The molecule has 4 nitrogen and oxygen atoms in total. The fourth-order valence-corrected chi connectivity index (χ4v) is 2.42. The van der Waals surface area contributed by atoms with E-state index in [-0.39, 0.29) is 5.84 Å². The van der Waals surface area contributed by atoms with Crippen molar-refractivity contribution < 1.29 is 4.42 Å². The molecule has 0 amide bonds. The fourth-order valence-electron chi connectivity index (χ4n) is 1.47. The lowest BCUT2D eigenvalue weighted by Gasteiger charge is -1.95. The summed E-state index contributed by atoms with van der Waals surface area (Å²) in [6.45, 7) is 2.08. The van der Waals surface area contributed by atoms with Crippen LogP contribution in [0.5, 0.6) is 0 Å². The first-order valence-corrected chi connectivity index (χ1v) is 5.92. The number of nitrogens with one attached hydrogen (secondary N) is 1. The van der Waals surface area contributed by atoms with Gasteiger partial charge >= 0.3 is 0 Å². The van der Waals surface area contributed by atoms with Crippen LogP contribution in [-0.4, -0.2) is 10.8 Å². The molecule has 84 valence electrons. The molecule has 0 saturated carbocycles. The minimum atomic E-state index is 0.0822. The smallest absolute Gasteiger partial charge is 0.162 e. The number of nitrogens with two attached hydrogens (primary N) is 1. The van der Waals surface area contributed by atoms with Crippen LogP contribution in [0.3, 0.4) is 0 Å². The molecular weight excluding hydrogens is 222 g/mol. The second-order valence-corrected chi connectivity index (χ2v) is 4.43. The first-order chi connectivity index (χ1) is 7.72. The molecule has 0 aromatic carbocycles. The Kier molecular flexibility index (Phi) is 3.05. The maximum atomic E-state index is 7.51. The standard InChI is InChI=1S/C11H13N3OS/c1-2-4-7-9(10(12)13)16-11(14-7)8-5-3-6-15-8/h3,5-6H,2,4H2,1H3,(H3,12,13). The maximum Gasteiger partial charge on any atom is 0.162 e. The summed E-state index contributed by atoms with van der Waals surface area (Å²) in [5.74, 6) is 0.814. The van der Waals surface area contributed by atoms with E-state index < -0.39 is 0 Å². The van der Waals surface area contributed by atoms with E-state index in [0.29, 0.717) is 0 Å². The highest BCUT2D eigenvalue weighted by Crippen LogP contribution is 2.28. The van der Waals surface area contributed by atoms with Gasteiger partial charge in [0.05, 0.1) is 16.8 Å². The fraction of sp³-hybridized carbons (Fsp3) is 0.273. The Bertz CT molecular complexity index is 487. The van der Waals surface area contributed by atoms with E-state index in [9.17, 15) is 0 Å². The van der Waals surface area contributed by atoms with Crippen LogP contribution >= 0.6 is 11.3 Å². The number of nitrogens with zero attached hydrogens (tertiary/aromatic N) is 1. The summed E-state index contributed by atoms with van der Waals surface area (Å²) in [4.78, 5) is 5.23. The van der Waals surface area contributed by atoms with Gasteiger partial charge in [-0.3, -0.25) is 5.41 Å². The molecule has 0 spiro atoms. The largest absolute Gasteiger partial charge is 0.462 e. The van der Waals surface area contributed by atoms with Crippen molar-refractivity contribution in [1.82, 2.24) is 4.98 Å². The van der Waals surface area contributed by atoms with E-state index in [4.69, 9.17) is 15.6 Å². The van der Waals surface area contributed by atoms with Gasteiger partial charge in [0.1, 0.15) is 5.84 Å². The third-order valence-electron chi connectivity index (χ3n) is 2.16. The van der Waals surface area contributed by atoms with Gasteiger partial charge in [0.25, 0.3) is 0 Å². The second-order valence-electron chi connectivity index (χ2n) is 3.44. The van der Waals surface area contributed by atoms with Gasteiger partial charge in [-0.25, -0.2) is 4.98 Å². The molecule has 3 N–H and O–H groups in total. The van der Waals surface area contributed by atoms with Crippen molar-refractivity contribution in [2.24, 2.45) is 5.73 Å². The summed E-state index contributed by atoms with van der Waals surface area (Å²) in [6.07, 6.45) is 3.44. The van der Waals surface area contributed by atoms with Crippen LogP contribution < -0.4 is 5.73 Å². The number of rotatable bonds is 4. The average molecular weight is 235 g/mol. The number of thiazole rings is 1. The molecule has 0 radical (unpaired) electrons. The maximum absolute atomic E-state index is 7.51. The Morgan fingerprint density at radius 2 is 2.44 bits per heavy atom. The molecule has 0 saturated heterocycles. The van der Waals surface area contributed by atoms with E-state index in [1.165, 1.54) is 11.3 Å². The highest BCUT2D eigenvalue weighted by atomic mass is 32.1. The number of hydrogen-bond donors (Lipinski definition) is 2. The predicted molar refractivity (Wildman–Crippen MR) is 64.8 cm³/mol. The SMILES string of the molecule is CCCc1nc(-c2ccco2)sc1C(=N)N. The van der Waals surface area contributed by atoms with Crippen LogP contribution in [0.4, 0.5) is 0 Å². The van der Waals surface area contributed by atoms with Gasteiger partial charge in [-0.15, -0.1) is 11.3 Å². The first-order valence-electron chi connectivity index (χ1n) is 5.10. The summed E-state index contributed by atoms with van der Waals surface area (Å²) in [5.41, 5.74) is 6.43. The Morgan fingerprint density at radius 3 is 3.00 bits per heavy atom. The lowest BCUT2D eigenvalue weighted by molar-refractivity contribution is 0.581. The Morgan fingerprint density at radius 1 is 1.62 bits per heavy atom. The van der Waals surface area contributed by atoms with Gasteiger partial charge in [0.2, 0.25) is 0 Å².